The Kier molecular flexibility index (Phi) is 7.31. The molecule has 0 aliphatic carbocycles. The lowest BCUT2D eigenvalue weighted by Crippen LogP contribution is -2.31. The summed E-state index contributed by atoms with van der Waals surface area (Å²) in [6.45, 7) is 7.70. The topological polar surface area (TPSA) is 67.4 Å². The van der Waals surface area contributed by atoms with Gasteiger partial charge in [0.1, 0.15) is 0 Å². The van der Waals surface area contributed by atoms with E-state index < -0.39 is 10.0 Å². The van der Waals surface area contributed by atoms with Crippen LogP contribution >= 0.6 is 0 Å². The first-order valence-corrected chi connectivity index (χ1v) is 8.77. The number of rotatable bonds is 9. The van der Waals surface area contributed by atoms with Crippen molar-refractivity contribution in [3.05, 3.63) is 29.3 Å². The van der Waals surface area contributed by atoms with Crippen molar-refractivity contribution in [3.8, 4) is 0 Å². The first-order valence-electron chi connectivity index (χ1n) is 7.29. The van der Waals surface area contributed by atoms with Crippen LogP contribution in [0.15, 0.2) is 23.1 Å². The number of aryl methyl sites for hydroxylation is 1. The van der Waals surface area contributed by atoms with Crippen molar-refractivity contribution in [2.75, 3.05) is 20.2 Å². The minimum atomic E-state index is -3.50. The van der Waals surface area contributed by atoms with Crippen LogP contribution < -0.4 is 10.0 Å². The summed E-state index contributed by atoms with van der Waals surface area (Å²) in [6.07, 6.45) is 0.728. The molecule has 21 heavy (non-hydrogen) atoms. The molecule has 1 aromatic carbocycles. The Morgan fingerprint density at radius 1 is 1.24 bits per heavy atom. The zero-order valence-corrected chi connectivity index (χ0v) is 14.1. The van der Waals surface area contributed by atoms with Crippen LogP contribution in [0.5, 0.6) is 0 Å². The Morgan fingerprint density at radius 3 is 2.52 bits per heavy atom. The maximum Gasteiger partial charge on any atom is 0.240 e. The number of hydrogen-bond acceptors (Lipinski definition) is 4. The summed E-state index contributed by atoms with van der Waals surface area (Å²) in [4.78, 5) is 0.302. The maximum atomic E-state index is 12.3. The smallest absolute Gasteiger partial charge is 0.240 e. The fourth-order valence-electron chi connectivity index (χ4n) is 1.93. The number of hydrogen-bond donors (Lipinski definition) is 2. The van der Waals surface area contributed by atoms with Gasteiger partial charge >= 0.3 is 0 Å². The first-order chi connectivity index (χ1) is 9.94. The molecule has 0 spiro atoms. The highest BCUT2D eigenvalue weighted by atomic mass is 32.2. The van der Waals surface area contributed by atoms with E-state index in [2.05, 4.69) is 17.0 Å². The average Bonchev–Trinajstić information content (AvgIpc) is 2.50. The zero-order chi connectivity index (χ0) is 15.9. The van der Waals surface area contributed by atoms with Crippen LogP contribution in [0.1, 0.15) is 31.9 Å². The highest BCUT2D eigenvalue weighted by molar-refractivity contribution is 7.89. The maximum absolute atomic E-state index is 12.3. The highest BCUT2D eigenvalue weighted by Gasteiger charge is 2.16. The van der Waals surface area contributed by atoms with Crippen molar-refractivity contribution in [1.82, 2.24) is 10.0 Å². The highest BCUT2D eigenvalue weighted by Crippen LogP contribution is 2.17. The van der Waals surface area contributed by atoms with Crippen LogP contribution in [0.4, 0.5) is 0 Å². The summed E-state index contributed by atoms with van der Waals surface area (Å²) in [6, 6.07) is 5.30. The predicted molar refractivity (Wildman–Crippen MR) is 84.9 cm³/mol. The molecule has 6 heteroatoms. The number of nitrogens with one attached hydrogen (secondary N) is 2. The van der Waals surface area contributed by atoms with Gasteiger partial charge in [0, 0.05) is 20.2 Å². The van der Waals surface area contributed by atoms with Crippen LogP contribution in [-0.2, 0) is 27.7 Å². The first kappa shape index (κ1) is 18.1. The third-order valence-electron chi connectivity index (χ3n) is 3.40. The molecule has 5 nitrogen and oxygen atoms in total. The second-order valence-electron chi connectivity index (χ2n) is 4.96. The van der Waals surface area contributed by atoms with Gasteiger partial charge in [-0.3, -0.25) is 0 Å². The summed E-state index contributed by atoms with van der Waals surface area (Å²) in [5.41, 5.74) is 2.20. The van der Waals surface area contributed by atoms with Crippen LogP contribution in [0.3, 0.4) is 0 Å². The summed E-state index contributed by atoms with van der Waals surface area (Å²) in [5.74, 6) is 0. The molecule has 0 aliphatic rings. The second kappa shape index (κ2) is 8.48. The van der Waals surface area contributed by atoms with Crippen molar-refractivity contribution < 1.29 is 13.2 Å². The molecule has 0 bridgehead atoms. The monoisotopic (exact) mass is 314 g/mol. The molecule has 120 valence electrons. The molecule has 0 amide bonds. The Balaban J connectivity index is 2.95. The van der Waals surface area contributed by atoms with E-state index in [0.717, 1.165) is 18.5 Å². The molecule has 1 atom stereocenters. The van der Waals surface area contributed by atoms with Crippen molar-refractivity contribution in [3.63, 3.8) is 0 Å². The fraction of sp³-hybridized carbons (Fsp3) is 0.600. The van der Waals surface area contributed by atoms with Crippen LogP contribution in [0, 0.1) is 0 Å². The number of methoxy groups -OCH3 is 1. The van der Waals surface area contributed by atoms with Gasteiger partial charge < -0.3 is 10.1 Å². The SMILES string of the molecule is CCNCc1cc(S(=O)(=O)NCC(C)OC)ccc1CC. The lowest BCUT2D eigenvalue weighted by molar-refractivity contribution is 0.122. The van der Waals surface area contributed by atoms with Gasteiger partial charge in [0.15, 0.2) is 0 Å². The molecule has 0 radical (unpaired) electrons. The molecular formula is C15H26N2O3S. The average molecular weight is 314 g/mol. The third-order valence-corrected chi connectivity index (χ3v) is 4.82. The Hall–Kier alpha value is -0.950. The largest absolute Gasteiger partial charge is 0.380 e. The van der Waals surface area contributed by atoms with Crippen LogP contribution in [-0.4, -0.2) is 34.7 Å². The number of sulfonamides is 1. The van der Waals surface area contributed by atoms with E-state index in [1.54, 1.807) is 19.2 Å². The zero-order valence-electron chi connectivity index (χ0n) is 13.3. The molecule has 1 rings (SSSR count). The molecule has 0 saturated carbocycles. The van der Waals surface area contributed by atoms with Gasteiger partial charge in [0.2, 0.25) is 10.0 Å². The van der Waals surface area contributed by atoms with E-state index in [-0.39, 0.29) is 12.6 Å². The molecule has 0 aliphatic heterocycles. The molecule has 0 aromatic heterocycles. The molecule has 1 unspecified atom stereocenters. The van der Waals surface area contributed by atoms with Gasteiger partial charge in [-0.05, 0) is 43.1 Å². The van der Waals surface area contributed by atoms with E-state index in [4.69, 9.17) is 4.74 Å². The van der Waals surface area contributed by atoms with Crippen molar-refractivity contribution in [1.29, 1.82) is 0 Å². The van der Waals surface area contributed by atoms with Crippen molar-refractivity contribution >= 4 is 10.0 Å². The predicted octanol–water partition coefficient (Wildman–Crippen LogP) is 1.67. The Bertz CT molecular complexity index is 544. The van der Waals surface area contributed by atoms with E-state index in [1.807, 2.05) is 19.9 Å². The Morgan fingerprint density at radius 2 is 1.95 bits per heavy atom. The molecule has 0 heterocycles. The van der Waals surface area contributed by atoms with Gasteiger partial charge in [-0.25, -0.2) is 13.1 Å². The molecular weight excluding hydrogens is 288 g/mol. The molecule has 2 N–H and O–H groups in total. The number of benzene rings is 1. The molecule has 1 aromatic rings. The van der Waals surface area contributed by atoms with Gasteiger partial charge in [0.25, 0.3) is 0 Å². The normalized spacial score (nSPS) is 13.3. The Labute approximate surface area is 128 Å². The summed E-state index contributed by atoms with van der Waals surface area (Å²) >= 11 is 0. The lowest BCUT2D eigenvalue weighted by Gasteiger charge is -2.14. The number of ether oxygens (including phenoxy) is 1. The summed E-state index contributed by atoms with van der Waals surface area (Å²) in [5, 5.41) is 3.24. The minimum Gasteiger partial charge on any atom is -0.380 e. The fourth-order valence-corrected chi connectivity index (χ4v) is 3.10. The summed E-state index contributed by atoms with van der Waals surface area (Å²) in [7, 11) is -1.94. The van der Waals surface area contributed by atoms with E-state index in [1.165, 1.54) is 5.56 Å². The lowest BCUT2D eigenvalue weighted by atomic mass is 10.1. The summed E-state index contributed by atoms with van der Waals surface area (Å²) < 4.78 is 32.2. The van der Waals surface area contributed by atoms with E-state index in [0.29, 0.717) is 11.4 Å². The van der Waals surface area contributed by atoms with E-state index in [9.17, 15) is 8.42 Å². The van der Waals surface area contributed by atoms with Gasteiger partial charge in [-0.15, -0.1) is 0 Å². The van der Waals surface area contributed by atoms with Crippen molar-refractivity contribution in [2.24, 2.45) is 0 Å². The van der Waals surface area contributed by atoms with Gasteiger partial charge in [-0.1, -0.05) is 19.9 Å². The van der Waals surface area contributed by atoms with Gasteiger partial charge in [-0.2, -0.15) is 0 Å². The second-order valence-corrected chi connectivity index (χ2v) is 6.73. The van der Waals surface area contributed by atoms with Crippen LogP contribution in [0.25, 0.3) is 0 Å². The minimum absolute atomic E-state index is 0.157. The standard InChI is InChI=1S/C15H26N2O3S/c1-5-13-7-8-15(9-14(13)11-16-6-2)21(18,19)17-10-12(3)20-4/h7-9,12,16-17H,5-6,10-11H2,1-4H3. The van der Waals surface area contributed by atoms with Crippen molar-refractivity contribution in [2.45, 2.75) is 44.7 Å². The quantitative estimate of drug-likeness (QED) is 0.727. The van der Waals surface area contributed by atoms with Gasteiger partial charge in [0.05, 0.1) is 11.0 Å². The third kappa shape index (κ3) is 5.39. The molecule has 0 saturated heterocycles. The van der Waals surface area contributed by atoms with Crippen LogP contribution in [0.2, 0.25) is 0 Å². The van der Waals surface area contributed by atoms with E-state index >= 15 is 0 Å². The molecule has 0 fully saturated rings.